The maximum Gasteiger partial charge on any atom is 0.119 e. The first-order valence-corrected chi connectivity index (χ1v) is 5.42. The molecule has 1 nitrogen and oxygen atoms in total. The number of benzene rings is 1. The van der Waals surface area contributed by atoms with Gasteiger partial charge < -0.3 is 4.74 Å². The van der Waals surface area contributed by atoms with E-state index in [-0.39, 0.29) is 6.10 Å². The van der Waals surface area contributed by atoms with Crippen molar-refractivity contribution in [3.63, 3.8) is 0 Å². The Morgan fingerprint density at radius 1 is 1.08 bits per heavy atom. The van der Waals surface area contributed by atoms with E-state index in [0.29, 0.717) is 4.83 Å². The second-order valence-corrected chi connectivity index (χ2v) is 4.73. The van der Waals surface area contributed by atoms with Crippen molar-refractivity contribution in [3.05, 3.63) is 29.8 Å². The monoisotopic (exact) mass is 242 g/mol. The van der Waals surface area contributed by atoms with Gasteiger partial charge in [-0.05, 0) is 38.5 Å². The second-order valence-electron chi connectivity index (χ2n) is 3.35. The lowest BCUT2D eigenvalue weighted by Crippen LogP contribution is -2.05. The number of ether oxygens (including phenoxy) is 1. The van der Waals surface area contributed by atoms with Gasteiger partial charge in [0.15, 0.2) is 0 Å². The molecule has 0 aliphatic rings. The van der Waals surface area contributed by atoms with E-state index in [1.807, 2.05) is 26.0 Å². The molecule has 0 spiro atoms. The highest BCUT2D eigenvalue weighted by atomic mass is 79.9. The Kier molecular flexibility index (Phi) is 3.79. The smallest absolute Gasteiger partial charge is 0.119 e. The van der Waals surface area contributed by atoms with Gasteiger partial charge in [-0.25, -0.2) is 0 Å². The highest BCUT2D eigenvalue weighted by Gasteiger charge is 2.01. The van der Waals surface area contributed by atoms with Gasteiger partial charge in [-0.15, -0.1) is 0 Å². The summed E-state index contributed by atoms with van der Waals surface area (Å²) in [6, 6.07) is 8.18. The van der Waals surface area contributed by atoms with Gasteiger partial charge in [0.25, 0.3) is 0 Å². The van der Waals surface area contributed by atoms with E-state index in [1.165, 1.54) is 5.56 Å². The topological polar surface area (TPSA) is 9.23 Å². The molecule has 2 heteroatoms. The van der Waals surface area contributed by atoms with E-state index >= 15 is 0 Å². The molecule has 0 aliphatic carbocycles. The first-order chi connectivity index (χ1) is 6.09. The van der Waals surface area contributed by atoms with Crippen molar-refractivity contribution in [2.75, 3.05) is 0 Å². The maximum absolute atomic E-state index is 5.53. The second kappa shape index (κ2) is 4.66. The third kappa shape index (κ3) is 3.39. The summed E-state index contributed by atoms with van der Waals surface area (Å²) in [6.07, 6.45) is 0.243. The molecule has 1 aromatic rings. The average molecular weight is 243 g/mol. The van der Waals surface area contributed by atoms with Gasteiger partial charge in [0, 0.05) is 4.83 Å². The SMILES string of the molecule is CC(C)Oc1ccc(C(C)Br)cc1. The van der Waals surface area contributed by atoms with Gasteiger partial charge in [-0.1, -0.05) is 28.1 Å². The van der Waals surface area contributed by atoms with Gasteiger partial charge in [-0.3, -0.25) is 0 Å². The zero-order valence-electron chi connectivity index (χ0n) is 8.25. The van der Waals surface area contributed by atoms with E-state index in [4.69, 9.17) is 4.74 Å². The van der Waals surface area contributed by atoms with E-state index < -0.39 is 0 Å². The Hall–Kier alpha value is -0.500. The largest absolute Gasteiger partial charge is 0.491 e. The van der Waals surface area contributed by atoms with Crippen LogP contribution in [-0.4, -0.2) is 6.10 Å². The third-order valence-corrected chi connectivity index (χ3v) is 2.24. The van der Waals surface area contributed by atoms with Crippen LogP contribution in [0, 0.1) is 0 Å². The Morgan fingerprint density at radius 2 is 1.62 bits per heavy atom. The van der Waals surface area contributed by atoms with E-state index in [1.54, 1.807) is 0 Å². The Bertz CT molecular complexity index is 251. The van der Waals surface area contributed by atoms with E-state index in [2.05, 4.69) is 35.0 Å². The average Bonchev–Trinajstić information content (AvgIpc) is 2.04. The van der Waals surface area contributed by atoms with Crippen LogP contribution >= 0.6 is 15.9 Å². The van der Waals surface area contributed by atoms with Crippen molar-refractivity contribution in [2.24, 2.45) is 0 Å². The number of halogens is 1. The molecule has 1 unspecified atom stereocenters. The molecule has 0 N–H and O–H groups in total. The summed E-state index contributed by atoms with van der Waals surface area (Å²) in [4.78, 5) is 0.403. The molecule has 0 fully saturated rings. The number of alkyl halides is 1. The van der Waals surface area contributed by atoms with Crippen molar-refractivity contribution in [3.8, 4) is 5.75 Å². The molecule has 72 valence electrons. The number of hydrogen-bond donors (Lipinski definition) is 0. The molecule has 1 rings (SSSR count). The molecule has 0 amide bonds. The summed E-state index contributed by atoms with van der Waals surface area (Å²) >= 11 is 3.52. The summed E-state index contributed by atoms with van der Waals surface area (Å²) in [5, 5.41) is 0. The van der Waals surface area contributed by atoms with Gasteiger partial charge in [-0.2, -0.15) is 0 Å². The standard InChI is InChI=1S/C11H15BrO/c1-8(2)13-11-6-4-10(5-7-11)9(3)12/h4-9H,1-3H3. The molecule has 0 saturated heterocycles. The lowest BCUT2D eigenvalue weighted by Gasteiger charge is -2.10. The Labute approximate surface area is 88.2 Å². The molecule has 0 bridgehead atoms. The van der Waals surface area contributed by atoms with Crippen LogP contribution in [0.4, 0.5) is 0 Å². The quantitative estimate of drug-likeness (QED) is 0.731. The zero-order chi connectivity index (χ0) is 9.84. The maximum atomic E-state index is 5.53. The number of hydrogen-bond acceptors (Lipinski definition) is 1. The van der Waals surface area contributed by atoms with Gasteiger partial charge in [0.2, 0.25) is 0 Å². The molecule has 0 aromatic heterocycles. The van der Waals surface area contributed by atoms with Crippen molar-refractivity contribution < 1.29 is 4.74 Å². The first-order valence-electron chi connectivity index (χ1n) is 4.50. The van der Waals surface area contributed by atoms with Crippen LogP contribution in [-0.2, 0) is 0 Å². The minimum Gasteiger partial charge on any atom is -0.491 e. The van der Waals surface area contributed by atoms with Crippen molar-refractivity contribution in [2.45, 2.75) is 31.7 Å². The summed E-state index contributed by atoms with van der Waals surface area (Å²) < 4.78 is 5.53. The van der Waals surface area contributed by atoms with Crippen molar-refractivity contribution in [1.29, 1.82) is 0 Å². The number of rotatable bonds is 3. The lowest BCUT2D eigenvalue weighted by atomic mass is 10.2. The zero-order valence-corrected chi connectivity index (χ0v) is 9.84. The summed E-state index contributed by atoms with van der Waals surface area (Å²) in [6.45, 7) is 6.17. The third-order valence-electron chi connectivity index (χ3n) is 1.71. The van der Waals surface area contributed by atoms with Crippen LogP contribution in [0.25, 0.3) is 0 Å². The molecule has 0 saturated carbocycles. The molecule has 0 radical (unpaired) electrons. The normalized spacial score (nSPS) is 13.0. The fourth-order valence-corrected chi connectivity index (χ4v) is 1.39. The highest BCUT2D eigenvalue weighted by molar-refractivity contribution is 9.09. The molecule has 1 aromatic carbocycles. The summed E-state index contributed by atoms with van der Waals surface area (Å²) in [5.41, 5.74) is 1.27. The minimum atomic E-state index is 0.243. The predicted octanol–water partition coefficient (Wildman–Crippen LogP) is 3.93. The molecular formula is C11H15BrO. The van der Waals surface area contributed by atoms with Crippen LogP contribution in [0.5, 0.6) is 5.75 Å². The van der Waals surface area contributed by atoms with Crippen LogP contribution in [0.2, 0.25) is 0 Å². The molecular weight excluding hydrogens is 228 g/mol. The van der Waals surface area contributed by atoms with Gasteiger partial charge >= 0.3 is 0 Å². The van der Waals surface area contributed by atoms with E-state index in [0.717, 1.165) is 5.75 Å². The Balaban J connectivity index is 2.70. The Morgan fingerprint density at radius 3 is 2.00 bits per heavy atom. The van der Waals surface area contributed by atoms with Crippen molar-refractivity contribution >= 4 is 15.9 Å². The fraction of sp³-hybridized carbons (Fsp3) is 0.455. The van der Waals surface area contributed by atoms with Crippen molar-refractivity contribution in [1.82, 2.24) is 0 Å². The highest BCUT2D eigenvalue weighted by Crippen LogP contribution is 2.23. The predicted molar refractivity (Wildman–Crippen MR) is 59.5 cm³/mol. The van der Waals surface area contributed by atoms with Gasteiger partial charge in [0.05, 0.1) is 6.10 Å². The molecule has 0 heterocycles. The van der Waals surface area contributed by atoms with Crippen LogP contribution in [0.3, 0.4) is 0 Å². The minimum absolute atomic E-state index is 0.243. The van der Waals surface area contributed by atoms with E-state index in [9.17, 15) is 0 Å². The van der Waals surface area contributed by atoms with Crippen LogP contribution in [0.15, 0.2) is 24.3 Å². The summed E-state index contributed by atoms with van der Waals surface area (Å²) in [5.74, 6) is 0.937. The van der Waals surface area contributed by atoms with Gasteiger partial charge in [0.1, 0.15) is 5.75 Å². The fourth-order valence-electron chi connectivity index (χ4n) is 1.08. The van der Waals surface area contributed by atoms with Crippen LogP contribution < -0.4 is 4.74 Å². The summed E-state index contributed by atoms with van der Waals surface area (Å²) in [7, 11) is 0. The molecule has 13 heavy (non-hydrogen) atoms. The first kappa shape index (κ1) is 10.6. The molecule has 1 atom stereocenters. The lowest BCUT2D eigenvalue weighted by molar-refractivity contribution is 0.242. The molecule has 0 aliphatic heterocycles. The van der Waals surface area contributed by atoms with Crippen LogP contribution in [0.1, 0.15) is 31.2 Å².